The molecule has 1 amide bonds. The van der Waals surface area contributed by atoms with Crippen molar-refractivity contribution in [3.05, 3.63) is 35.6 Å². The topological polar surface area (TPSA) is 75.3 Å². The summed E-state index contributed by atoms with van der Waals surface area (Å²) in [6, 6.07) is 5.03. The Morgan fingerprint density at radius 2 is 1.96 bits per heavy atom. The molecule has 0 heterocycles. The first-order valence-electron chi connectivity index (χ1n) is 7.79. The van der Waals surface area contributed by atoms with Gasteiger partial charge in [0.15, 0.2) is 0 Å². The van der Waals surface area contributed by atoms with E-state index in [0.717, 1.165) is 37.5 Å². The zero-order valence-electron chi connectivity index (χ0n) is 13.4. The van der Waals surface area contributed by atoms with Gasteiger partial charge in [-0.1, -0.05) is 25.0 Å². The van der Waals surface area contributed by atoms with E-state index in [1.807, 2.05) is 0 Å². The van der Waals surface area contributed by atoms with Gasteiger partial charge in [-0.2, -0.15) is 0 Å². The van der Waals surface area contributed by atoms with Crippen LogP contribution < -0.4 is 10.0 Å². The summed E-state index contributed by atoms with van der Waals surface area (Å²) in [5, 5.41) is 2.89. The van der Waals surface area contributed by atoms with Crippen LogP contribution in [0.25, 0.3) is 0 Å². The Kier molecular flexibility index (Phi) is 5.75. The van der Waals surface area contributed by atoms with Gasteiger partial charge in [0.2, 0.25) is 15.9 Å². The van der Waals surface area contributed by atoms with Crippen LogP contribution in [0.4, 0.5) is 4.39 Å². The summed E-state index contributed by atoms with van der Waals surface area (Å²) in [7, 11) is -3.47. The number of benzene rings is 1. The van der Waals surface area contributed by atoms with E-state index in [9.17, 15) is 17.6 Å². The minimum absolute atomic E-state index is 0.242. The molecule has 2 rings (SSSR count). The maximum atomic E-state index is 13.5. The van der Waals surface area contributed by atoms with E-state index in [1.54, 1.807) is 12.1 Å². The van der Waals surface area contributed by atoms with Crippen molar-refractivity contribution < 1.29 is 17.6 Å². The molecule has 1 fully saturated rings. The number of nitrogens with one attached hydrogen (secondary N) is 2. The molecule has 1 aliphatic carbocycles. The third kappa shape index (κ3) is 5.28. The summed E-state index contributed by atoms with van der Waals surface area (Å²) < 4.78 is 38.3. The molecule has 0 saturated heterocycles. The Balaban J connectivity index is 2.16. The second-order valence-corrected chi connectivity index (χ2v) is 7.98. The molecule has 7 heteroatoms. The number of halogens is 1. The maximum absolute atomic E-state index is 13.5. The van der Waals surface area contributed by atoms with Gasteiger partial charge in [0.1, 0.15) is 5.82 Å². The maximum Gasteiger partial charge on any atom is 0.238 e. The van der Waals surface area contributed by atoms with Gasteiger partial charge in [-0.05, 0) is 43.4 Å². The molecule has 1 aromatic carbocycles. The van der Waals surface area contributed by atoms with Crippen molar-refractivity contribution in [2.24, 2.45) is 5.92 Å². The van der Waals surface area contributed by atoms with Crippen molar-refractivity contribution in [2.45, 2.75) is 44.7 Å². The molecule has 5 nitrogen and oxygen atoms in total. The second kappa shape index (κ2) is 7.40. The Morgan fingerprint density at radius 1 is 1.30 bits per heavy atom. The van der Waals surface area contributed by atoms with Crippen molar-refractivity contribution in [3.63, 3.8) is 0 Å². The van der Waals surface area contributed by atoms with Crippen LogP contribution in [0.1, 0.15) is 44.2 Å². The highest BCUT2D eigenvalue weighted by Crippen LogP contribution is 2.35. The number of sulfonamides is 1. The third-order valence-corrected chi connectivity index (χ3v) is 4.94. The molecular formula is C16H23FN2O3S. The van der Waals surface area contributed by atoms with E-state index in [2.05, 4.69) is 10.0 Å². The second-order valence-electron chi connectivity index (χ2n) is 6.20. The Hall–Kier alpha value is -1.47. The van der Waals surface area contributed by atoms with Crippen molar-refractivity contribution in [1.29, 1.82) is 0 Å². The molecule has 23 heavy (non-hydrogen) atoms. The van der Waals surface area contributed by atoms with Crippen LogP contribution in [0, 0.1) is 11.7 Å². The Morgan fingerprint density at radius 3 is 2.52 bits per heavy atom. The number of carbonyl (C=O) groups is 1. The smallest absolute Gasteiger partial charge is 0.238 e. The number of hydrogen-bond donors (Lipinski definition) is 2. The average molecular weight is 342 g/mol. The predicted octanol–water partition coefficient (Wildman–Crippen LogP) is 2.11. The van der Waals surface area contributed by atoms with Crippen LogP contribution in [0.3, 0.4) is 0 Å². The summed E-state index contributed by atoms with van der Waals surface area (Å²) >= 11 is 0. The summed E-state index contributed by atoms with van der Waals surface area (Å²) in [5.74, 6) is -0.509. The molecule has 128 valence electrons. The van der Waals surface area contributed by atoms with Crippen LogP contribution in [-0.2, 0) is 14.8 Å². The first-order valence-corrected chi connectivity index (χ1v) is 9.68. The highest BCUT2D eigenvalue weighted by atomic mass is 32.2. The Bertz CT molecular complexity index is 657. The lowest BCUT2D eigenvalue weighted by molar-refractivity contribution is -0.123. The number of amides is 1. The molecule has 2 N–H and O–H groups in total. The summed E-state index contributed by atoms with van der Waals surface area (Å²) in [4.78, 5) is 12.3. The van der Waals surface area contributed by atoms with E-state index in [4.69, 9.17) is 0 Å². The first kappa shape index (κ1) is 17.9. The molecule has 0 aromatic heterocycles. The van der Waals surface area contributed by atoms with Crippen molar-refractivity contribution in [1.82, 2.24) is 10.0 Å². The minimum Gasteiger partial charge on any atom is -0.348 e. The third-order valence-electron chi connectivity index (χ3n) is 4.16. The lowest BCUT2D eigenvalue weighted by atomic mass is 9.91. The largest absolute Gasteiger partial charge is 0.348 e. The molecule has 1 saturated carbocycles. The fourth-order valence-corrected chi connectivity index (χ4v) is 3.87. The Labute approximate surface area is 136 Å². The molecule has 0 unspecified atom stereocenters. The van der Waals surface area contributed by atoms with Gasteiger partial charge < -0.3 is 5.32 Å². The van der Waals surface area contributed by atoms with Crippen molar-refractivity contribution in [3.8, 4) is 0 Å². The molecule has 1 aliphatic rings. The fourth-order valence-electron chi connectivity index (χ4n) is 3.12. The lowest BCUT2D eigenvalue weighted by Crippen LogP contribution is -2.46. The van der Waals surface area contributed by atoms with Crippen LogP contribution in [-0.4, -0.2) is 26.6 Å². The standard InChI is InChI=1S/C16H23FN2O3S/c1-11(19-23(2,21)22)16(20)18-15(12-6-3-4-7-12)13-8-5-9-14(17)10-13/h5,8-12,15,19H,3-4,6-7H2,1-2H3,(H,18,20)/t11-,15-/m0/s1. The number of rotatable bonds is 6. The van der Waals surface area contributed by atoms with E-state index in [1.165, 1.54) is 19.1 Å². The van der Waals surface area contributed by atoms with Crippen molar-refractivity contribution >= 4 is 15.9 Å². The summed E-state index contributed by atoms with van der Waals surface area (Å²) in [6.45, 7) is 1.49. The van der Waals surface area contributed by atoms with E-state index in [0.29, 0.717) is 0 Å². The summed E-state index contributed by atoms with van der Waals surface area (Å²) in [5.41, 5.74) is 0.719. The van der Waals surface area contributed by atoms with Gasteiger partial charge in [-0.3, -0.25) is 4.79 Å². The van der Waals surface area contributed by atoms with E-state index >= 15 is 0 Å². The quantitative estimate of drug-likeness (QED) is 0.831. The number of hydrogen-bond acceptors (Lipinski definition) is 3. The van der Waals surface area contributed by atoms with E-state index in [-0.39, 0.29) is 17.8 Å². The average Bonchev–Trinajstić information content (AvgIpc) is 2.96. The highest BCUT2D eigenvalue weighted by molar-refractivity contribution is 7.88. The van der Waals surface area contributed by atoms with Crippen molar-refractivity contribution in [2.75, 3.05) is 6.26 Å². The lowest BCUT2D eigenvalue weighted by Gasteiger charge is -2.27. The van der Waals surface area contributed by atoms with E-state index < -0.39 is 22.0 Å². The molecular weight excluding hydrogens is 319 g/mol. The normalized spacial score (nSPS) is 18.6. The van der Waals surface area contributed by atoms with Gasteiger partial charge in [0, 0.05) is 0 Å². The minimum atomic E-state index is -3.47. The zero-order chi connectivity index (χ0) is 17.0. The predicted molar refractivity (Wildman–Crippen MR) is 86.7 cm³/mol. The van der Waals surface area contributed by atoms with Crippen LogP contribution in [0.5, 0.6) is 0 Å². The summed E-state index contributed by atoms with van der Waals surface area (Å²) in [6.07, 6.45) is 5.12. The van der Waals surface area contributed by atoms with Gasteiger partial charge >= 0.3 is 0 Å². The molecule has 1 aromatic rings. The number of carbonyl (C=O) groups excluding carboxylic acids is 1. The molecule has 0 bridgehead atoms. The van der Waals surface area contributed by atoms with Crippen LogP contribution in [0.2, 0.25) is 0 Å². The fraction of sp³-hybridized carbons (Fsp3) is 0.562. The van der Waals surface area contributed by atoms with Gasteiger partial charge in [0.05, 0.1) is 18.3 Å². The van der Waals surface area contributed by atoms with Gasteiger partial charge in [0.25, 0.3) is 0 Å². The van der Waals surface area contributed by atoms with Gasteiger partial charge in [-0.15, -0.1) is 0 Å². The first-order chi connectivity index (χ1) is 10.8. The molecule has 0 radical (unpaired) electrons. The van der Waals surface area contributed by atoms with Crippen LogP contribution >= 0.6 is 0 Å². The zero-order valence-corrected chi connectivity index (χ0v) is 14.2. The molecule has 2 atom stereocenters. The SMILES string of the molecule is C[C@H](NS(C)(=O)=O)C(=O)N[C@H](c1cccc(F)c1)C1CCCC1. The van der Waals surface area contributed by atoms with Gasteiger partial charge in [-0.25, -0.2) is 17.5 Å². The van der Waals surface area contributed by atoms with Crippen LogP contribution in [0.15, 0.2) is 24.3 Å². The molecule has 0 spiro atoms. The monoisotopic (exact) mass is 342 g/mol. The molecule has 0 aliphatic heterocycles. The highest BCUT2D eigenvalue weighted by Gasteiger charge is 2.29.